The SMILES string of the molecule is COc1ccc(SCCC(=O)N(C)C(C)c2ccco2)cc1. The van der Waals surface area contributed by atoms with E-state index in [9.17, 15) is 4.79 Å². The van der Waals surface area contributed by atoms with Gasteiger partial charge in [-0.15, -0.1) is 11.8 Å². The van der Waals surface area contributed by atoms with E-state index in [1.54, 1.807) is 30.0 Å². The third-order valence-electron chi connectivity index (χ3n) is 3.57. The zero-order chi connectivity index (χ0) is 15.9. The van der Waals surface area contributed by atoms with Crippen LogP contribution in [0.15, 0.2) is 52.0 Å². The van der Waals surface area contributed by atoms with E-state index in [4.69, 9.17) is 9.15 Å². The average molecular weight is 319 g/mol. The van der Waals surface area contributed by atoms with Gasteiger partial charge >= 0.3 is 0 Å². The van der Waals surface area contributed by atoms with E-state index in [-0.39, 0.29) is 11.9 Å². The van der Waals surface area contributed by atoms with E-state index in [0.717, 1.165) is 22.2 Å². The molecule has 0 fully saturated rings. The van der Waals surface area contributed by atoms with Crippen molar-refractivity contribution in [3.63, 3.8) is 0 Å². The molecule has 22 heavy (non-hydrogen) atoms. The highest BCUT2D eigenvalue weighted by Crippen LogP contribution is 2.23. The number of methoxy groups -OCH3 is 1. The van der Waals surface area contributed by atoms with Crippen LogP contribution in [0.5, 0.6) is 5.75 Å². The second-order valence-corrected chi connectivity index (χ2v) is 6.14. The van der Waals surface area contributed by atoms with Gasteiger partial charge in [0.05, 0.1) is 19.4 Å². The summed E-state index contributed by atoms with van der Waals surface area (Å²) in [6.07, 6.45) is 2.13. The Kier molecular flexibility index (Phi) is 5.95. The first-order valence-electron chi connectivity index (χ1n) is 7.17. The lowest BCUT2D eigenvalue weighted by molar-refractivity contribution is -0.131. The summed E-state index contributed by atoms with van der Waals surface area (Å²) in [5, 5.41) is 0. The number of furan rings is 1. The molecule has 2 rings (SSSR count). The topological polar surface area (TPSA) is 42.7 Å². The number of nitrogens with zero attached hydrogens (tertiary/aromatic N) is 1. The summed E-state index contributed by atoms with van der Waals surface area (Å²) in [6.45, 7) is 1.97. The number of hydrogen-bond acceptors (Lipinski definition) is 4. The molecular formula is C17H21NO3S. The standard InChI is InChI=1S/C17H21NO3S/c1-13(16-5-4-11-21-16)18(2)17(19)10-12-22-15-8-6-14(20-3)7-9-15/h4-9,11,13H,10,12H2,1-3H3. The second-order valence-electron chi connectivity index (χ2n) is 4.97. The third kappa shape index (κ3) is 4.31. The first-order chi connectivity index (χ1) is 10.6. The van der Waals surface area contributed by atoms with Crippen molar-refractivity contribution in [2.24, 2.45) is 0 Å². The van der Waals surface area contributed by atoms with Crippen LogP contribution in [0.25, 0.3) is 0 Å². The van der Waals surface area contributed by atoms with Crippen molar-refractivity contribution in [3.05, 3.63) is 48.4 Å². The number of benzene rings is 1. The minimum atomic E-state index is -0.0477. The van der Waals surface area contributed by atoms with Crippen LogP contribution < -0.4 is 4.74 Å². The van der Waals surface area contributed by atoms with E-state index in [1.807, 2.05) is 50.4 Å². The molecule has 0 aliphatic heterocycles. The number of amides is 1. The highest BCUT2D eigenvalue weighted by Gasteiger charge is 2.18. The van der Waals surface area contributed by atoms with Gasteiger partial charge in [-0.3, -0.25) is 4.79 Å². The predicted molar refractivity (Wildman–Crippen MR) is 88.2 cm³/mol. The average Bonchev–Trinajstić information content (AvgIpc) is 3.08. The van der Waals surface area contributed by atoms with Gasteiger partial charge in [0.15, 0.2) is 0 Å². The molecule has 0 saturated carbocycles. The van der Waals surface area contributed by atoms with Crippen molar-refractivity contribution in [1.29, 1.82) is 0 Å². The monoisotopic (exact) mass is 319 g/mol. The van der Waals surface area contributed by atoms with Gasteiger partial charge in [0, 0.05) is 24.1 Å². The van der Waals surface area contributed by atoms with Crippen molar-refractivity contribution in [2.45, 2.75) is 24.3 Å². The van der Waals surface area contributed by atoms with Gasteiger partial charge in [0.25, 0.3) is 0 Å². The molecule has 0 bridgehead atoms. The Morgan fingerprint density at radius 1 is 1.32 bits per heavy atom. The summed E-state index contributed by atoms with van der Waals surface area (Å²) in [5.41, 5.74) is 0. The summed E-state index contributed by atoms with van der Waals surface area (Å²) in [7, 11) is 3.46. The fourth-order valence-electron chi connectivity index (χ4n) is 2.04. The van der Waals surface area contributed by atoms with E-state index >= 15 is 0 Å². The predicted octanol–water partition coefficient (Wildman–Crippen LogP) is 3.99. The molecule has 1 aromatic heterocycles. The minimum absolute atomic E-state index is 0.0477. The van der Waals surface area contributed by atoms with E-state index in [0.29, 0.717) is 6.42 Å². The van der Waals surface area contributed by atoms with Crippen molar-refractivity contribution in [3.8, 4) is 5.75 Å². The molecule has 2 aromatic rings. The Balaban J connectivity index is 1.79. The zero-order valence-corrected chi connectivity index (χ0v) is 13.9. The highest BCUT2D eigenvalue weighted by molar-refractivity contribution is 7.99. The summed E-state index contributed by atoms with van der Waals surface area (Å²) < 4.78 is 10.5. The number of ether oxygens (including phenoxy) is 1. The Morgan fingerprint density at radius 3 is 2.64 bits per heavy atom. The van der Waals surface area contributed by atoms with Crippen molar-refractivity contribution < 1.29 is 13.9 Å². The lowest BCUT2D eigenvalue weighted by Crippen LogP contribution is -2.29. The van der Waals surface area contributed by atoms with Crippen LogP contribution >= 0.6 is 11.8 Å². The maximum absolute atomic E-state index is 12.2. The fourth-order valence-corrected chi connectivity index (χ4v) is 2.88. The molecule has 4 nitrogen and oxygen atoms in total. The van der Waals surface area contributed by atoms with E-state index < -0.39 is 0 Å². The first-order valence-corrected chi connectivity index (χ1v) is 8.16. The van der Waals surface area contributed by atoms with Crippen molar-refractivity contribution in [1.82, 2.24) is 4.90 Å². The molecule has 0 saturated heterocycles. The molecule has 1 unspecified atom stereocenters. The lowest BCUT2D eigenvalue weighted by atomic mass is 10.2. The molecule has 1 aromatic carbocycles. The Morgan fingerprint density at radius 2 is 2.05 bits per heavy atom. The van der Waals surface area contributed by atoms with Crippen LogP contribution in [0.1, 0.15) is 25.1 Å². The molecule has 0 spiro atoms. The number of rotatable bonds is 7. The van der Waals surface area contributed by atoms with Crippen LogP contribution in [0.3, 0.4) is 0 Å². The smallest absolute Gasteiger partial charge is 0.223 e. The third-order valence-corrected chi connectivity index (χ3v) is 4.59. The largest absolute Gasteiger partial charge is 0.497 e. The van der Waals surface area contributed by atoms with Gasteiger partial charge in [-0.2, -0.15) is 0 Å². The van der Waals surface area contributed by atoms with Crippen LogP contribution in [0.4, 0.5) is 0 Å². The summed E-state index contributed by atoms with van der Waals surface area (Å²) >= 11 is 1.67. The summed E-state index contributed by atoms with van der Waals surface area (Å²) in [4.78, 5) is 15.1. The lowest BCUT2D eigenvalue weighted by Gasteiger charge is -2.23. The summed E-state index contributed by atoms with van der Waals surface area (Å²) in [6, 6.07) is 11.5. The minimum Gasteiger partial charge on any atom is -0.497 e. The zero-order valence-electron chi connectivity index (χ0n) is 13.1. The maximum atomic E-state index is 12.2. The Labute approximate surface area is 135 Å². The first kappa shape index (κ1) is 16.5. The molecule has 5 heteroatoms. The number of carbonyl (C=O) groups is 1. The van der Waals surface area contributed by atoms with Gasteiger partial charge in [-0.25, -0.2) is 0 Å². The molecule has 1 atom stereocenters. The molecule has 1 heterocycles. The quantitative estimate of drug-likeness (QED) is 0.724. The molecule has 0 aliphatic rings. The van der Waals surface area contributed by atoms with Crippen LogP contribution in [-0.4, -0.2) is 30.7 Å². The van der Waals surface area contributed by atoms with Crippen LogP contribution in [-0.2, 0) is 4.79 Å². The summed E-state index contributed by atoms with van der Waals surface area (Å²) in [5.74, 6) is 2.51. The molecular weight excluding hydrogens is 298 g/mol. The van der Waals surface area contributed by atoms with Crippen molar-refractivity contribution >= 4 is 17.7 Å². The highest BCUT2D eigenvalue weighted by atomic mass is 32.2. The van der Waals surface area contributed by atoms with Gasteiger partial charge in [-0.05, 0) is 43.3 Å². The molecule has 0 aliphatic carbocycles. The molecule has 118 valence electrons. The fraction of sp³-hybridized carbons (Fsp3) is 0.353. The van der Waals surface area contributed by atoms with Crippen LogP contribution in [0.2, 0.25) is 0 Å². The van der Waals surface area contributed by atoms with Gasteiger partial charge in [-0.1, -0.05) is 0 Å². The molecule has 1 amide bonds. The van der Waals surface area contributed by atoms with Gasteiger partial charge < -0.3 is 14.1 Å². The maximum Gasteiger partial charge on any atom is 0.223 e. The number of hydrogen-bond donors (Lipinski definition) is 0. The van der Waals surface area contributed by atoms with Gasteiger partial charge in [0.1, 0.15) is 11.5 Å². The van der Waals surface area contributed by atoms with Crippen molar-refractivity contribution in [2.75, 3.05) is 19.9 Å². The number of carbonyl (C=O) groups excluding carboxylic acids is 1. The number of thioether (sulfide) groups is 1. The normalized spacial score (nSPS) is 12.0. The molecule has 0 radical (unpaired) electrons. The Hall–Kier alpha value is -1.88. The van der Waals surface area contributed by atoms with Crippen LogP contribution in [0, 0.1) is 0 Å². The Bertz CT molecular complexity index is 580. The van der Waals surface area contributed by atoms with Gasteiger partial charge in [0.2, 0.25) is 5.91 Å². The van der Waals surface area contributed by atoms with E-state index in [2.05, 4.69) is 0 Å². The molecule has 0 N–H and O–H groups in total. The van der Waals surface area contributed by atoms with E-state index in [1.165, 1.54) is 0 Å². The second kappa shape index (κ2) is 7.94.